The minimum atomic E-state index is -0.433. The van der Waals surface area contributed by atoms with Gasteiger partial charge in [-0.05, 0) is 61.4 Å². The minimum absolute atomic E-state index is 0.365. The summed E-state index contributed by atoms with van der Waals surface area (Å²) in [5.74, 6) is -0.169. The Kier molecular flexibility index (Phi) is 6.39. The van der Waals surface area contributed by atoms with Crippen LogP contribution in [0.2, 0.25) is 0 Å². The molecule has 0 spiro atoms. The first-order chi connectivity index (χ1) is 15.9. The summed E-state index contributed by atoms with van der Waals surface area (Å²) in [7, 11) is 1.58. The summed E-state index contributed by atoms with van der Waals surface area (Å²) in [6.45, 7) is 2.79. The molecular weight excluding hydrogens is 425 g/mol. The molecule has 9 heteroatoms. The topological polar surface area (TPSA) is 79.7 Å². The molecule has 1 saturated heterocycles. The van der Waals surface area contributed by atoms with Crippen molar-refractivity contribution in [2.24, 2.45) is 0 Å². The van der Waals surface area contributed by atoms with Crippen LogP contribution < -0.4 is 15.1 Å². The number of amides is 3. The maximum atomic E-state index is 13.2. The van der Waals surface area contributed by atoms with E-state index >= 15 is 0 Å². The molecule has 1 aliphatic heterocycles. The van der Waals surface area contributed by atoms with Crippen LogP contribution in [-0.4, -0.2) is 46.7 Å². The van der Waals surface area contributed by atoms with Crippen LogP contribution >= 0.6 is 0 Å². The van der Waals surface area contributed by atoms with E-state index in [9.17, 15) is 14.0 Å². The van der Waals surface area contributed by atoms with Crippen molar-refractivity contribution in [1.82, 2.24) is 20.0 Å². The summed E-state index contributed by atoms with van der Waals surface area (Å²) in [5.41, 5.74) is 5.69. The van der Waals surface area contributed by atoms with Crippen LogP contribution in [0.15, 0.2) is 61.1 Å². The summed E-state index contributed by atoms with van der Waals surface area (Å²) < 4.78 is 20.5. The number of urea groups is 1. The number of carbonyl (C=O) groups is 2. The molecule has 0 unspecified atom stereocenters. The molecule has 0 radical (unpaired) electrons. The van der Waals surface area contributed by atoms with Gasteiger partial charge in [-0.25, -0.2) is 19.2 Å². The van der Waals surface area contributed by atoms with Gasteiger partial charge in [0.1, 0.15) is 11.6 Å². The number of halogens is 1. The molecule has 0 aliphatic carbocycles. The Morgan fingerprint density at radius 3 is 2.67 bits per heavy atom. The number of nitrogens with zero attached hydrogens (tertiary/aromatic N) is 4. The van der Waals surface area contributed by atoms with E-state index in [4.69, 9.17) is 4.74 Å². The van der Waals surface area contributed by atoms with Crippen molar-refractivity contribution in [1.29, 1.82) is 0 Å². The van der Waals surface area contributed by atoms with Crippen LogP contribution in [0.25, 0.3) is 11.8 Å². The van der Waals surface area contributed by atoms with E-state index in [2.05, 4.69) is 10.4 Å². The Morgan fingerprint density at radius 1 is 1.18 bits per heavy atom. The maximum Gasteiger partial charge on any atom is 0.343 e. The Balaban J connectivity index is 1.42. The molecule has 170 valence electrons. The number of imidazole rings is 1. The van der Waals surface area contributed by atoms with Gasteiger partial charge in [0.15, 0.2) is 0 Å². The van der Waals surface area contributed by atoms with Crippen molar-refractivity contribution < 1.29 is 18.7 Å². The largest absolute Gasteiger partial charge is 0.495 e. The highest BCUT2D eigenvalue weighted by Crippen LogP contribution is 2.25. The molecule has 1 aliphatic rings. The fraction of sp³-hybridized carbons (Fsp3) is 0.208. The highest BCUT2D eigenvalue weighted by molar-refractivity contribution is 5.97. The summed E-state index contributed by atoms with van der Waals surface area (Å²) in [5, 5.41) is 1.27. The van der Waals surface area contributed by atoms with Crippen molar-refractivity contribution >= 4 is 23.7 Å². The number of hydrazine groups is 1. The molecule has 2 heterocycles. The lowest BCUT2D eigenvalue weighted by molar-refractivity contribution is -0.120. The van der Waals surface area contributed by atoms with Gasteiger partial charge in [-0.1, -0.05) is 6.07 Å². The van der Waals surface area contributed by atoms with E-state index in [0.29, 0.717) is 30.9 Å². The molecule has 0 atom stereocenters. The van der Waals surface area contributed by atoms with Crippen LogP contribution in [0.3, 0.4) is 0 Å². The number of ether oxygens (including phenoxy) is 1. The second kappa shape index (κ2) is 9.56. The second-order valence-corrected chi connectivity index (χ2v) is 7.58. The smallest absolute Gasteiger partial charge is 0.343 e. The van der Waals surface area contributed by atoms with Gasteiger partial charge in [-0.15, -0.1) is 0 Å². The fourth-order valence-electron chi connectivity index (χ4n) is 3.59. The standard InChI is InChI=1S/C24H24FN5O3/c1-17-15-28(16-26-17)21-10-4-18(14-22(21)33-2)5-11-23(31)27-30-13-3-12-29(24(30)32)20-8-6-19(25)7-9-20/h4-11,14-16H,3,12-13H2,1-2H3,(H,27,31). The quantitative estimate of drug-likeness (QED) is 0.582. The molecule has 1 N–H and O–H groups in total. The number of nitrogens with one attached hydrogen (secondary N) is 1. The first-order valence-electron chi connectivity index (χ1n) is 10.5. The molecule has 1 fully saturated rings. The van der Waals surface area contributed by atoms with Crippen LogP contribution in [0.4, 0.5) is 14.9 Å². The van der Waals surface area contributed by atoms with Gasteiger partial charge >= 0.3 is 6.03 Å². The Labute approximate surface area is 190 Å². The van der Waals surface area contributed by atoms with Gasteiger partial charge in [0.05, 0.1) is 24.8 Å². The van der Waals surface area contributed by atoms with Gasteiger partial charge in [-0.3, -0.25) is 15.1 Å². The first-order valence-corrected chi connectivity index (χ1v) is 10.5. The Hall–Kier alpha value is -4.14. The highest BCUT2D eigenvalue weighted by Gasteiger charge is 2.27. The van der Waals surface area contributed by atoms with E-state index in [0.717, 1.165) is 16.9 Å². The Bertz CT molecular complexity index is 1190. The first kappa shape index (κ1) is 22.1. The number of methoxy groups -OCH3 is 1. The van der Waals surface area contributed by atoms with Crippen molar-refractivity contribution in [3.05, 3.63) is 78.1 Å². The highest BCUT2D eigenvalue weighted by atomic mass is 19.1. The number of anilines is 1. The normalized spacial score (nSPS) is 14.1. The summed E-state index contributed by atoms with van der Waals surface area (Å²) in [6.07, 6.45) is 7.28. The number of carbonyl (C=O) groups excluding carboxylic acids is 2. The average Bonchev–Trinajstić information content (AvgIpc) is 3.25. The van der Waals surface area contributed by atoms with Crippen molar-refractivity contribution in [3.63, 3.8) is 0 Å². The monoisotopic (exact) mass is 449 g/mol. The molecule has 0 bridgehead atoms. The molecule has 4 rings (SSSR count). The lowest BCUT2D eigenvalue weighted by Gasteiger charge is -2.35. The predicted molar refractivity (Wildman–Crippen MR) is 122 cm³/mol. The molecule has 33 heavy (non-hydrogen) atoms. The minimum Gasteiger partial charge on any atom is -0.495 e. The maximum absolute atomic E-state index is 13.2. The molecular formula is C24H24FN5O3. The van der Waals surface area contributed by atoms with Crippen LogP contribution in [-0.2, 0) is 4.79 Å². The van der Waals surface area contributed by atoms with E-state index in [1.54, 1.807) is 31.6 Å². The predicted octanol–water partition coefficient (Wildman–Crippen LogP) is 3.71. The number of rotatable bonds is 6. The van der Waals surface area contributed by atoms with Gasteiger partial charge < -0.3 is 9.30 Å². The van der Waals surface area contributed by atoms with E-state index in [-0.39, 0.29) is 11.8 Å². The third-order valence-electron chi connectivity index (χ3n) is 5.23. The molecule has 2 aromatic carbocycles. The zero-order chi connectivity index (χ0) is 23.4. The third kappa shape index (κ3) is 5.03. The zero-order valence-corrected chi connectivity index (χ0v) is 18.4. The molecule has 3 aromatic rings. The average molecular weight is 449 g/mol. The number of hydrogen-bond donors (Lipinski definition) is 1. The molecule has 8 nitrogen and oxygen atoms in total. The molecule has 1 aromatic heterocycles. The number of hydrogen-bond acceptors (Lipinski definition) is 4. The van der Waals surface area contributed by atoms with E-state index in [1.807, 2.05) is 35.9 Å². The lowest BCUT2D eigenvalue weighted by atomic mass is 10.1. The van der Waals surface area contributed by atoms with Gasteiger partial charge in [0, 0.05) is 31.0 Å². The van der Waals surface area contributed by atoms with Gasteiger partial charge in [0.2, 0.25) is 0 Å². The van der Waals surface area contributed by atoms with Crippen LogP contribution in [0, 0.1) is 12.7 Å². The SMILES string of the molecule is COc1cc(C=CC(=O)NN2CCCN(c3ccc(F)cc3)C2=O)ccc1-n1cnc(C)c1. The van der Waals surface area contributed by atoms with E-state index < -0.39 is 5.91 Å². The number of benzene rings is 2. The van der Waals surface area contributed by atoms with Crippen molar-refractivity contribution in [3.8, 4) is 11.4 Å². The summed E-state index contributed by atoms with van der Waals surface area (Å²) >= 11 is 0. The summed E-state index contributed by atoms with van der Waals surface area (Å²) in [4.78, 5) is 31.0. The van der Waals surface area contributed by atoms with E-state index in [1.165, 1.54) is 28.1 Å². The number of aromatic nitrogens is 2. The van der Waals surface area contributed by atoms with Gasteiger partial charge in [0.25, 0.3) is 5.91 Å². The van der Waals surface area contributed by atoms with Crippen LogP contribution in [0.5, 0.6) is 5.75 Å². The second-order valence-electron chi connectivity index (χ2n) is 7.58. The molecule has 0 saturated carbocycles. The van der Waals surface area contributed by atoms with Crippen LogP contribution in [0.1, 0.15) is 17.7 Å². The Morgan fingerprint density at radius 2 is 1.97 bits per heavy atom. The van der Waals surface area contributed by atoms with Crippen molar-refractivity contribution in [2.75, 3.05) is 25.1 Å². The lowest BCUT2D eigenvalue weighted by Crippen LogP contribution is -2.56. The van der Waals surface area contributed by atoms with Gasteiger partial charge in [-0.2, -0.15) is 0 Å². The third-order valence-corrected chi connectivity index (χ3v) is 5.23. The molecule has 3 amide bonds. The number of aryl methyl sites for hydroxylation is 1. The summed E-state index contributed by atoms with van der Waals surface area (Å²) in [6, 6.07) is 10.9. The zero-order valence-electron chi connectivity index (χ0n) is 18.4. The fourth-order valence-corrected chi connectivity index (χ4v) is 3.59. The van der Waals surface area contributed by atoms with Crippen molar-refractivity contribution in [2.45, 2.75) is 13.3 Å².